The summed E-state index contributed by atoms with van der Waals surface area (Å²) in [6, 6.07) is 11.4. The van der Waals surface area contributed by atoms with Crippen molar-refractivity contribution < 1.29 is 4.74 Å². The van der Waals surface area contributed by atoms with Crippen LogP contribution in [-0.2, 0) is 6.61 Å². The van der Waals surface area contributed by atoms with Gasteiger partial charge in [0.2, 0.25) is 0 Å². The lowest BCUT2D eigenvalue weighted by molar-refractivity contribution is 0.306. The van der Waals surface area contributed by atoms with Crippen LogP contribution >= 0.6 is 23.2 Å². The van der Waals surface area contributed by atoms with E-state index in [0.29, 0.717) is 22.4 Å². The number of aryl methyl sites for hydroxylation is 1. The molecule has 1 atom stereocenters. The molecule has 0 radical (unpaired) electrons. The maximum atomic E-state index is 6.19. The SMILES string of the molecule is Cc1ccc(COc2ccc(C(C)N)cc2Cl)c(Cl)c1. The summed E-state index contributed by atoms with van der Waals surface area (Å²) in [5.41, 5.74) is 8.85. The lowest BCUT2D eigenvalue weighted by Gasteiger charge is -2.12. The van der Waals surface area contributed by atoms with Crippen LogP contribution in [0.25, 0.3) is 0 Å². The van der Waals surface area contributed by atoms with Gasteiger partial charge in [0.25, 0.3) is 0 Å². The van der Waals surface area contributed by atoms with Crippen molar-refractivity contribution in [3.63, 3.8) is 0 Å². The molecule has 1 unspecified atom stereocenters. The van der Waals surface area contributed by atoms with Crippen molar-refractivity contribution in [2.75, 3.05) is 0 Å². The molecule has 2 nitrogen and oxygen atoms in total. The number of hydrogen-bond donors (Lipinski definition) is 1. The molecule has 0 bridgehead atoms. The van der Waals surface area contributed by atoms with Gasteiger partial charge in [0, 0.05) is 16.6 Å². The third-order valence-electron chi connectivity index (χ3n) is 3.07. The van der Waals surface area contributed by atoms with Gasteiger partial charge in [-0.3, -0.25) is 0 Å². The molecule has 0 amide bonds. The summed E-state index contributed by atoms with van der Waals surface area (Å²) in [4.78, 5) is 0. The highest BCUT2D eigenvalue weighted by Gasteiger charge is 2.07. The number of nitrogens with two attached hydrogens (primary N) is 1. The minimum absolute atomic E-state index is 0.0481. The van der Waals surface area contributed by atoms with Crippen LogP contribution in [-0.4, -0.2) is 0 Å². The highest BCUT2D eigenvalue weighted by molar-refractivity contribution is 6.32. The second-order valence-electron chi connectivity index (χ2n) is 4.86. The van der Waals surface area contributed by atoms with Gasteiger partial charge in [-0.2, -0.15) is 0 Å². The van der Waals surface area contributed by atoms with Gasteiger partial charge in [0.05, 0.1) is 5.02 Å². The van der Waals surface area contributed by atoms with E-state index in [9.17, 15) is 0 Å². The molecule has 0 aliphatic carbocycles. The molecule has 0 aliphatic rings. The molecule has 2 rings (SSSR count). The monoisotopic (exact) mass is 309 g/mol. The summed E-state index contributed by atoms with van der Waals surface area (Å²) in [6.07, 6.45) is 0. The number of hydrogen-bond acceptors (Lipinski definition) is 2. The highest BCUT2D eigenvalue weighted by Crippen LogP contribution is 2.29. The van der Waals surface area contributed by atoms with Gasteiger partial charge in [0.1, 0.15) is 12.4 Å². The van der Waals surface area contributed by atoms with E-state index in [2.05, 4.69) is 0 Å². The molecule has 0 aromatic heterocycles. The largest absolute Gasteiger partial charge is 0.487 e. The zero-order valence-electron chi connectivity index (χ0n) is 11.5. The van der Waals surface area contributed by atoms with Crippen LogP contribution in [0.4, 0.5) is 0 Å². The van der Waals surface area contributed by atoms with Gasteiger partial charge >= 0.3 is 0 Å². The fourth-order valence-corrected chi connectivity index (χ4v) is 2.38. The van der Waals surface area contributed by atoms with E-state index in [4.69, 9.17) is 33.7 Å². The average Bonchev–Trinajstić information content (AvgIpc) is 2.38. The Morgan fingerprint density at radius 1 is 1.10 bits per heavy atom. The lowest BCUT2D eigenvalue weighted by Crippen LogP contribution is -2.05. The fourth-order valence-electron chi connectivity index (χ4n) is 1.84. The highest BCUT2D eigenvalue weighted by atomic mass is 35.5. The van der Waals surface area contributed by atoms with Crippen LogP contribution in [0, 0.1) is 6.92 Å². The third kappa shape index (κ3) is 3.66. The molecule has 0 spiro atoms. The maximum Gasteiger partial charge on any atom is 0.138 e. The van der Waals surface area contributed by atoms with Crippen LogP contribution in [0.1, 0.15) is 29.7 Å². The van der Waals surface area contributed by atoms with E-state index >= 15 is 0 Å². The van der Waals surface area contributed by atoms with Crippen molar-refractivity contribution in [1.82, 2.24) is 0 Å². The Balaban J connectivity index is 2.11. The van der Waals surface area contributed by atoms with Crippen molar-refractivity contribution in [3.8, 4) is 5.75 Å². The first kappa shape index (κ1) is 15.2. The second-order valence-corrected chi connectivity index (χ2v) is 5.68. The van der Waals surface area contributed by atoms with Gasteiger partial charge in [-0.1, -0.05) is 41.4 Å². The first-order valence-corrected chi connectivity index (χ1v) is 7.16. The molecule has 0 saturated carbocycles. The number of rotatable bonds is 4. The van der Waals surface area contributed by atoms with Crippen molar-refractivity contribution in [2.24, 2.45) is 5.73 Å². The van der Waals surface area contributed by atoms with Gasteiger partial charge in [-0.05, 0) is 43.2 Å². The standard InChI is InChI=1S/C16H17Cl2NO/c1-10-3-4-13(14(17)7-10)9-20-16-6-5-12(11(2)19)8-15(16)18/h3-8,11H,9,19H2,1-2H3. The van der Waals surface area contributed by atoms with E-state index < -0.39 is 0 Å². The molecule has 0 aliphatic heterocycles. The van der Waals surface area contributed by atoms with E-state index in [-0.39, 0.29) is 6.04 Å². The first-order chi connectivity index (χ1) is 9.47. The molecule has 106 valence electrons. The summed E-state index contributed by atoms with van der Waals surface area (Å²) in [5.74, 6) is 0.632. The molecule has 0 heterocycles. The Bertz CT molecular complexity index is 611. The molecule has 20 heavy (non-hydrogen) atoms. The summed E-state index contributed by atoms with van der Waals surface area (Å²) in [7, 11) is 0. The zero-order chi connectivity index (χ0) is 14.7. The van der Waals surface area contributed by atoms with E-state index in [1.54, 1.807) is 0 Å². The van der Waals surface area contributed by atoms with E-state index in [1.807, 2.05) is 50.2 Å². The number of benzene rings is 2. The lowest BCUT2D eigenvalue weighted by atomic mass is 10.1. The minimum atomic E-state index is -0.0481. The molecule has 2 aromatic rings. The van der Waals surface area contributed by atoms with Crippen LogP contribution in [0.15, 0.2) is 36.4 Å². The Hall–Kier alpha value is -1.22. The number of halogens is 2. The smallest absolute Gasteiger partial charge is 0.138 e. The minimum Gasteiger partial charge on any atom is -0.487 e. The third-order valence-corrected chi connectivity index (χ3v) is 3.72. The Kier molecular flexibility index (Phi) is 4.92. The van der Waals surface area contributed by atoms with Gasteiger partial charge in [-0.25, -0.2) is 0 Å². The normalized spacial score (nSPS) is 12.2. The second kappa shape index (κ2) is 6.49. The van der Waals surface area contributed by atoms with Gasteiger partial charge in [0.15, 0.2) is 0 Å². The zero-order valence-corrected chi connectivity index (χ0v) is 13.0. The summed E-state index contributed by atoms with van der Waals surface area (Å²) in [6.45, 7) is 4.30. The molecule has 0 saturated heterocycles. The fraction of sp³-hybridized carbons (Fsp3) is 0.250. The van der Waals surface area contributed by atoms with Crippen molar-refractivity contribution >= 4 is 23.2 Å². The molecular weight excluding hydrogens is 293 g/mol. The van der Waals surface area contributed by atoms with Crippen LogP contribution in [0.5, 0.6) is 5.75 Å². The predicted molar refractivity (Wildman–Crippen MR) is 84.6 cm³/mol. The predicted octanol–water partition coefficient (Wildman–Crippen LogP) is 4.90. The number of ether oxygens (including phenoxy) is 1. The first-order valence-electron chi connectivity index (χ1n) is 6.40. The molecule has 2 aromatic carbocycles. The quantitative estimate of drug-likeness (QED) is 0.871. The summed E-state index contributed by atoms with van der Waals surface area (Å²) < 4.78 is 5.72. The molecule has 2 N–H and O–H groups in total. The topological polar surface area (TPSA) is 35.2 Å². The van der Waals surface area contributed by atoms with Gasteiger partial charge < -0.3 is 10.5 Å². The molecule has 0 fully saturated rings. The summed E-state index contributed by atoms with van der Waals surface area (Å²) >= 11 is 12.4. The van der Waals surface area contributed by atoms with Crippen LogP contribution < -0.4 is 10.5 Å². The van der Waals surface area contributed by atoms with E-state index in [0.717, 1.165) is 16.7 Å². The Morgan fingerprint density at radius 2 is 1.85 bits per heavy atom. The van der Waals surface area contributed by atoms with Crippen LogP contribution in [0.2, 0.25) is 10.0 Å². The Labute approximate surface area is 129 Å². The molecule has 4 heteroatoms. The van der Waals surface area contributed by atoms with Crippen molar-refractivity contribution in [3.05, 3.63) is 63.1 Å². The van der Waals surface area contributed by atoms with Crippen molar-refractivity contribution in [2.45, 2.75) is 26.5 Å². The maximum absolute atomic E-state index is 6.19. The van der Waals surface area contributed by atoms with Crippen LogP contribution in [0.3, 0.4) is 0 Å². The van der Waals surface area contributed by atoms with Gasteiger partial charge in [-0.15, -0.1) is 0 Å². The summed E-state index contributed by atoms with van der Waals surface area (Å²) in [5, 5.41) is 1.26. The Morgan fingerprint density at radius 3 is 2.45 bits per heavy atom. The average molecular weight is 310 g/mol. The van der Waals surface area contributed by atoms with E-state index in [1.165, 1.54) is 0 Å². The van der Waals surface area contributed by atoms with Crippen molar-refractivity contribution in [1.29, 1.82) is 0 Å². The molecular formula is C16H17Cl2NO.